The molecule has 0 spiro atoms. The van der Waals surface area contributed by atoms with E-state index in [0.29, 0.717) is 35.7 Å². The van der Waals surface area contributed by atoms with Crippen molar-refractivity contribution in [3.63, 3.8) is 0 Å². The molecule has 0 radical (unpaired) electrons. The number of hydrogen-bond donors (Lipinski definition) is 1. The van der Waals surface area contributed by atoms with Gasteiger partial charge in [-0.2, -0.15) is 13.2 Å². The molecule has 0 bridgehead atoms. The van der Waals surface area contributed by atoms with Gasteiger partial charge in [-0.25, -0.2) is 0 Å². The van der Waals surface area contributed by atoms with Crippen LogP contribution in [0.1, 0.15) is 62.8 Å². The molecular formula is C26H23F6NO3S. The van der Waals surface area contributed by atoms with E-state index in [1.54, 1.807) is 0 Å². The van der Waals surface area contributed by atoms with Crippen molar-refractivity contribution < 1.29 is 40.7 Å². The third kappa shape index (κ3) is 5.51. The van der Waals surface area contributed by atoms with Gasteiger partial charge in [0.2, 0.25) is 0 Å². The third-order valence-corrected chi connectivity index (χ3v) is 7.57. The number of benzene rings is 2. The molecule has 198 valence electrons. The number of nitrogens with one attached hydrogen (secondary N) is 1. The molecule has 4 rings (SSSR count). The van der Waals surface area contributed by atoms with Crippen molar-refractivity contribution in [3.8, 4) is 16.9 Å². The normalized spacial score (nSPS) is 20.1. The molecule has 1 fully saturated rings. The highest BCUT2D eigenvalue weighted by Gasteiger charge is 2.43. The van der Waals surface area contributed by atoms with Crippen molar-refractivity contribution in [1.29, 1.82) is 0 Å². The van der Waals surface area contributed by atoms with E-state index in [1.165, 1.54) is 18.2 Å². The minimum absolute atomic E-state index is 0.0448. The number of halogens is 6. The van der Waals surface area contributed by atoms with Crippen LogP contribution in [-0.2, 0) is 21.8 Å². The summed E-state index contributed by atoms with van der Waals surface area (Å²) in [5.74, 6) is -1.58. The first-order chi connectivity index (χ1) is 16.9. The lowest BCUT2D eigenvalue weighted by atomic mass is 9.62. The lowest BCUT2D eigenvalue weighted by Gasteiger charge is -2.42. The predicted molar refractivity (Wildman–Crippen MR) is 128 cm³/mol. The first-order valence-corrected chi connectivity index (χ1v) is 12.1. The van der Waals surface area contributed by atoms with Crippen LogP contribution in [-0.4, -0.2) is 17.5 Å². The molecule has 1 aliphatic heterocycles. The second kappa shape index (κ2) is 8.82. The molecule has 2 aromatic carbocycles. The molecule has 0 saturated carbocycles. The summed E-state index contributed by atoms with van der Waals surface area (Å²) in [4.78, 5) is 23.2. The summed E-state index contributed by atoms with van der Waals surface area (Å²) in [5.41, 5.74) is -1.76. The van der Waals surface area contributed by atoms with E-state index in [0.717, 1.165) is 18.2 Å². The average Bonchev–Trinajstić information content (AvgIpc) is 3.06. The summed E-state index contributed by atoms with van der Waals surface area (Å²) in [6, 6.07) is 5.65. The maximum absolute atomic E-state index is 14.3. The Labute approximate surface area is 213 Å². The molecule has 11 heteroatoms. The van der Waals surface area contributed by atoms with Crippen LogP contribution in [0.4, 0.5) is 31.1 Å². The van der Waals surface area contributed by atoms with Gasteiger partial charge >= 0.3 is 12.5 Å². The monoisotopic (exact) mass is 543 g/mol. The van der Waals surface area contributed by atoms with Gasteiger partial charge in [0.1, 0.15) is 5.75 Å². The van der Waals surface area contributed by atoms with Crippen LogP contribution in [0.2, 0.25) is 0 Å². The molecule has 37 heavy (non-hydrogen) atoms. The Bertz CT molecular complexity index is 1320. The van der Waals surface area contributed by atoms with Crippen LogP contribution in [0.25, 0.3) is 17.2 Å². The predicted octanol–water partition coefficient (Wildman–Crippen LogP) is 7.94. The first kappa shape index (κ1) is 27.1. The van der Waals surface area contributed by atoms with Gasteiger partial charge in [-0.15, -0.1) is 13.2 Å². The fourth-order valence-corrected chi connectivity index (χ4v) is 5.39. The fraction of sp³-hybridized carbons (Fsp3) is 0.385. The van der Waals surface area contributed by atoms with E-state index in [4.69, 9.17) is 0 Å². The molecule has 1 N–H and O–H groups in total. The summed E-state index contributed by atoms with van der Waals surface area (Å²) in [7, 11) is 0. The standard InChI is InChI=1S/C26H23F6NO3S/c1-23(2)7-8-24(3,4)18-12-16(25(27,28)29)15(11-17(18)23)14-6-5-13(9-19(14)36-26(30,31)32)10-20-21(34)33-22(35)37-20/h5-6,9-12H,7-8H2,1-4H3,(H,33,34,35)/b20-10-. The zero-order valence-electron chi connectivity index (χ0n) is 20.3. The topological polar surface area (TPSA) is 55.4 Å². The van der Waals surface area contributed by atoms with Crippen molar-refractivity contribution in [1.82, 2.24) is 5.32 Å². The molecule has 2 aromatic rings. The van der Waals surface area contributed by atoms with Gasteiger partial charge in [-0.05, 0) is 82.0 Å². The highest BCUT2D eigenvalue weighted by Crippen LogP contribution is 2.51. The fourth-order valence-electron chi connectivity index (χ4n) is 4.70. The van der Waals surface area contributed by atoms with Gasteiger partial charge in [0.25, 0.3) is 11.1 Å². The highest BCUT2D eigenvalue weighted by atomic mass is 32.2. The van der Waals surface area contributed by atoms with E-state index < -0.39 is 57.0 Å². The number of amides is 2. The van der Waals surface area contributed by atoms with Crippen LogP contribution in [0.5, 0.6) is 5.75 Å². The number of thioether (sulfide) groups is 1. The number of carbonyl (C=O) groups excluding carboxylic acids is 2. The lowest BCUT2D eigenvalue weighted by Crippen LogP contribution is -2.34. The number of hydrogen-bond acceptors (Lipinski definition) is 4. The largest absolute Gasteiger partial charge is 0.573 e. The molecular weight excluding hydrogens is 520 g/mol. The van der Waals surface area contributed by atoms with Crippen molar-refractivity contribution in [3.05, 3.63) is 57.5 Å². The number of imide groups is 1. The SMILES string of the molecule is CC1(C)CCC(C)(C)c2cc(C(F)(F)F)c(-c3ccc(/C=C4\SC(=O)NC4=O)cc3OC(F)(F)F)cc21. The Morgan fingerprint density at radius 1 is 0.892 bits per heavy atom. The van der Waals surface area contributed by atoms with E-state index >= 15 is 0 Å². The Morgan fingerprint density at radius 2 is 1.49 bits per heavy atom. The van der Waals surface area contributed by atoms with E-state index in [9.17, 15) is 35.9 Å². The first-order valence-electron chi connectivity index (χ1n) is 11.3. The van der Waals surface area contributed by atoms with Crippen molar-refractivity contribution >= 4 is 29.0 Å². The van der Waals surface area contributed by atoms with Gasteiger partial charge in [-0.1, -0.05) is 39.8 Å². The molecule has 1 saturated heterocycles. The van der Waals surface area contributed by atoms with Crippen molar-refractivity contribution in [2.75, 3.05) is 0 Å². The lowest BCUT2D eigenvalue weighted by molar-refractivity contribution is -0.274. The zero-order valence-corrected chi connectivity index (χ0v) is 21.1. The Balaban J connectivity index is 1.97. The Hall–Kier alpha value is -2.95. The number of alkyl halides is 6. The van der Waals surface area contributed by atoms with Gasteiger partial charge < -0.3 is 4.74 Å². The molecule has 2 aliphatic rings. The second-order valence-electron chi connectivity index (χ2n) is 10.4. The summed E-state index contributed by atoms with van der Waals surface area (Å²) >= 11 is 0.559. The molecule has 0 atom stereocenters. The summed E-state index contributed by atoms with van der Waals surface area (Å²) < 4.78 is 87.1. The van der Waals surface area contributed by atoms with Crippen molar-refractivity contribution in [2.45, 2.75) is 63.9 Å². The molecule has 0 aromatic heterocycles. The van der Waals surface area contributed by atoms with E-state index in [2.05, 4.69) is 4.74 Å². The number of ether oxygens (including phenoxy) is 1. The van der Waals surface area contributed by atoms with Crippen LogP contribution in [0.3, 0.4) is 0 Å². The molecule has 0 unspecified atom stereocenters. The third-order valence-electron chi connectivity index (χ3n) is 6.76. The number of rotatable bonds is 3. The molecule has 2 amide bonds. The smallest absolute Gasteiger partial charge is 0.405 e. The highest BCUT2D eigenvalue weighted by molar-refractivity contribution is 8.18. The van der Waals surface area contributed by atoms with Gasteiger partial charge in [0.15, 0.2) is 0 Å². The van der Waals surface area contributed by atoms with Crippen LogP contribution >= 0.6 is 11.8 Å². The second-order valence-corrected chi connectivity index (χ2v) is 11.4. The quantitative estimate of drug-likeness (QED) is 0.315. The summed E-state index contributed by atoms with van der Waals surface area (Å²) in [5, 5.41) is 1.38. The van der Waals surface area contributed by atoms with Gasteiger partial charge in [0, 0.05) is 5.56 Å². The van der Waals surface area contributed by atoms with E-state index in [-0.39, 0.29) is 10.5 Å². The zero-order chi connectivity index (χ0) is 27.6. The van der Waals surface area contributed by atoms with E-state index in [1.807, 2.05) is 33.0 Å². The molecule has 1 aliphatic carbocycles. The Morgan fingerprint density at radius 3 is 2.00 bits per heavy atom. The maximum Gasteiger partial charge on any atom is 0.573 e. The minimum Gasteiger partial charge on any atom is -0.405 e. The van der Waals surface area contributed by atoms with Crippen molar-refractivity contribution in [2.24, 2.45) is 0 Å². The maximum atomic E-state index is 14.3. The molecule has 4 nitrogen and oxygen atoms in total. The summed E-state index contributed by atoms with van der Waals surface area (Å²) in [6.45, 7) is 7.49. The van der Waals surface area contributed by atoms with Crippen LogP contribution < -0.4 is 10.1 Å². The van der Waals surface area contributed by atoms with Gasteiger partial charge in [0.05, 0.1) is 10.5 Å². The van der Waals surface area contributed by atoms with Gasteiger partial charge in [-0.3, -0.25) is 14.9 Å². The summed E-state index contributed by atoms with van der Waals surface area (Å²) in [6.07, 6.45) is -7.53. The van der Waals surface area contributed by atoms with Crippen LogP contribution in [0, 0.1) is 0 Å². The molecule has 1 heterocycles. The Kier molecular flexibility index (Phi) is 6.46. The number of carbonyl (C=O) groups is 2. The van der Waals surface area contributed by atoms with Crippen LogP contribution in [0.15, 0.2) is 35.2 Å². The number of fused-ring (bicyclic) bond motifs is 1. The minimum atomic E-state index is -5.19. The average molecular weight is 544 g/mol.